The van der Waals surface area contributed by atoms with Crippen molar-refractivity contribution in [2.24, 2.45) is 0 Å². The summed E-state index contributed by atoms with van der Waals surface area (Å²) >= 11 is 0. The second kappa shape index (κ2) is 7.79. The molecule has 19 heavy (non-hydrogen) atoms. The number of rotatable bonds is 7. The molecule has 1 atom stereocenters. The molecule has 2 N–H and O–H groups in total. The van der Waals surface area contributed by atoms with E-state index in [-0.39, 0.29) is 11.9 Å². The average molecular weight is 264 g/mol. The van der Waals surface area contributed by atoms with E-state index >= 15 is 0 Å². The van der Waals surface area contributed by atoms with Crippen molar-refractivity contribution in [1.29, 1.82) is 0 Å². The molecule has 1 amide bonds. The molecule has 0 saturated heterocycles. The fraction of sp³-hybridized carbons (Fsp3) is 0.533. The van der Waals surface area contributed by atoms with Crippen molar-refractivity contribution >= 4 is 5.91 Å². The summed E-state index contributed by atoms with van der Waals surface area (Å²) in [6, 6.07) is 8.14. The van der Waals surface area contributed by atoms with Gasteiger partial charge in [-0.2, -0.15) is 0 Å². The SMILES string of the molecule is COc1cccc([C@H](C)NC(=O)CCNC(C)C)c1. The van der Waals surface area contributed by atoms with Gasteiger partial charge < -0.3 is 15.4 Å². The maximum Gasteiger partial charge on any atom is 0.221 e. The van der Waals surface area contributed by atoms with E-state index in [1.54, 1.807) is 7.11 Å². The standard InChI is InChI=1S/C15H24N2O2/c1-11(2)16-9-8-15(18)17-12(3)13-6-5-7-14(10-13)19-4/h5-7,10-12,16H,8-9H2,1-4H3,(H,17,18)/t12-/m0/s1. The predicted molar refractivity (Wildman–Crippen MR) is 77.3 cm³/mol. The monoisotopic (exact) mass is 264 g/mol. The van der Waals surface area contributed by atoms with Gasteiger partial charge in [0.1, 0.15) is 5.75 Å². The van der Waals surface area contributed by atoms with Crippen molar-refractivity contribution in [2.75, 3.05) is 13.7 Å². The van der Waals surface area contributed by atoms with Gasteiger partial charge in [0.15, 0.2) is 0 Å². The molecule has 0 fully saturated rings. The van der Waals surface area contributed by atoms with Gasteiger partial charge in [0.25, 0.3) is 0 Å². The Labute approximate surface area is 115 Å². The van der Waals surface area contributed by atoms with Gasteiger partial charge in [-0.05, 0) is 24.6 Å². The van der Waals surface area contributed by atoms with Crippen LogP contribution in [0.1, 0.15) is 38.8 Å². The normalized spacial score (nSPS) is 12.3. The lowest BCUT2D eigenvalue weighted by atomic mass is 10.1. The smallest absolute Gasteiger partial charge is 0.221 e. The first-order chi connectivity index (χ1) is 9.02. The summed E-state index contributed by atoms with van der Waals surface area (Å²) in [6.45, 7) is 6.81. The van der Waals surface area contributed by atoms with Crippen molar-refractivity contribution in [1.82, 2.24) is 10.6 Å². The van der Waals surface area contributed by atoms with Crippen LogP contribution in [-0.2, 0) is 4.79 Å². The number of methoxy groups -OCH3 is 1. The lowest BCUT2D eigenvalue weighted by Crippen LogP contribution is -2.31. The van der Waals surface area contributed by atoms with E-state index in [4.69, 9.17) is 4.74 Å². The second-order valence-corrected chi connectivity index (χ2v) is 4.92. The third-order valence-corrected chi connectivity index (χ3v) is 2.88. The van der Waals surface area contributed by atoms with Crippen LogP contribution in [0.4, 0.5) is 0 Å². The molecule has 1 aromatic rings. The maximum absolute atomic E-state index is 11.8. The molecule has 0 bridgehead atoms. The van der Waals surface area contributed by atoms with Gasteiger partial charge in [-0.25, -0.2) is 0 Å². The molecular weight excluding hydrogens is 240 g/mol. The van der Waals surface area contributed by atoms with E-state index in [0.29, 0.717) is 19.0 Å². The summed E-state index contributed by atoms with van der Waals surface area (Å²) in [7, 11) is 1.64. The highest BCUT2D eigenvalue weighted by atomic mass is 16.5. The highest BCUT2D eigenvalue weighted by Crippen LogP contribution is 2.18. The third kappa shape index (κ3) is 5.75. The summed E-state index contributed by atoms with van der Waals surface area (Å²) < 4.78 is 5.18. The van der Waals surface area contributed by atoms with Crippen LogP contribution >= 0.6 is 0 Å². The summed E-state index contributed by atoms with van der Waals surface area (Å²) in [6.07, 6.45) is 0.493. The van der Waals surface area contributed by atoms with E-state index in [2.05, 4.69) is 24.5 Å². The van der Waals surface area contributed by atoms with Crippen LogP contribution in [0.3, 0.4) is 0 Å². The van der Waals surface area contributed by atoms with Crippen molar-refractivity contribution in [3.05, 3.63) is 29.8 Å². The molecule has 4 heteroatoms. The molecular formula is C15H24N2O2. The summed E-state index contributed by atoms with van der Waals surface area (Å²) in [5.74, 6) is 0.864. The maximum atomic E-state index is 11.8. The molecule has 1 aromatic carbocycles. The van der Waals surface area contributed by atoms with Crippen molar-refractivity contribution in [2.45, 2.75) is 39.3 Å². The van der Waals surface area contributed by atoms with Gasteiger partial charge in [0.2, 0.25) is 5.91 Å². The minimum atomic E-state index is -0.0124. The molecule has 0 radical (unpaired) electrons. The van der Waals surface area contributed by atoms with Gasteiger partial charge in [0, 0.05) is 19.0 Å². The van der Waals surface area contributed by atoms with Gasteiger partial charge in [0.05, 0.1) is 13.2 Å². The van der Waals surface area contributed by atoms with Gasteiger partial charge in [-0.1, -0.05) is 26.0 Å². The molecule has 1 rings (SSSR count). The van der Waals surface area contributed by atoms with Gasteiger partial charge >= 0.3 is 0 Å². The second-order valence-electron chi connectivity index (χ2n) is 4.92. The minimum absolute atomic E-state index is 0.0124. The average Bonchev–Trinajstić information content (AvgIpc) is 2.38. The van der Waals surface area contributed by atoms with E-state index in [9.17, 15) is 4.79 Å². The number of nitrogens with one attached hydrogen (secondary N) is 2. The number of hydrogen-bond donors (Lipinski definition) is 2. The first-order valence-electron chi connectivity index (χ1n) is 6.69. The van der Waals surface area contributed by atoms with E-state index in [0.717, 1.165) is 11.3 Å². The summed E-state index contributed by atoms with van der Waals surface area (Å²) in [4.78, 5) is 11.8. The Bertz CT molecular complexity index is 405. The fourth-order valence-corrected chi connectivity index (χ4v) is 1.78. The van der Waals surface area contributed by atoms with Crippen molar-refractivity contribution < 1.29 is 9.53 Å². The predicted octanol–water partition coefficient (Wildman–Crippen LogP) is 2.26. The van der Waals surface area contributed by atoms with Crippen LogP contribution in [0, 0.1) is 0 Å². The number of carbonyl (C=O) groups is 1. The number of hydrogen-bond acceptors (Lipinski definition) is 3. The molecule has 106 valence electrons. The van der Waals surface area contributed by atoms with Gasteiger partial charge in [-0.3, -0.25) is 4.79 Å². The Morgan fingerprint density at radius 1 is 1.32 bits per heavy atom. The molecule has 0 saturated carbocycles. The zero-order valence-corrected chi connectivity index (χ0v) is 12.2. The number of benzene rings is 1. The fourth-order valence-electron chi connectivity index (χ4n) is 1.78. The molecule has 0 aromatic heterocycles. The van der Waals surface area contributed by atoms with Crippen molar-refractivity contribution in [3.8, 4) is 5.75 Å². The molecule has 0 heterocycles. The summed E-state index contributed by atoms with van der Waals surface area (Å²) in [5, 5.41) is 6.21. The lowest BCUT2D eigenvalue weighted by molar-refractivity contribution is -0.121. The van der Waals surface area contributed by atoms with Crippen LogP contribution in [0.5, 0.6) is 5.75 Å². The molecule has 0 unspecified atom stereocenters. The van der Waals surface area contributed by atoms with Crippen LogP contribution in [0.2, 0.25) is 0 Å². The summed E-state index contributed by atoms with van der Waals surface area (Å²) in [5.41, 5.74) is 1.05. The molecule has 0 aliphatic heterocycles. The highest BCUT2D eigenvalue weighted by Gasteiger charge is 2.10. The van der Waals surface area contributed by atoms with Gasteiger partial charge in [-0.15, -0.1) is 0 Å². The lowest BCUT2D eigenvalue weighted by Gasteiger charge is -2.15. The minimum Gasteiger partial charge on any atom is -0.497 e. The Hall–Kier alpha value is -1.55. The first kappa shape index (κ1) is 15.5. The molecule has 4 nitrogen and oxygen atoms in total. The van der Waals surface area contributed by atoms with Crippen LogP contribution < -0.4 is 15.4 Å². The Balaban J connectivity index is 2.44. The molecule has 0 aliphatic rings. The number of amides is 1. The quantitative estimate of drug-likeness (QED) is 0.794. The Morgan fingerprint density at radius 2 is 2.05 bits per heavy atom. The van der Waals surface area contributed by atoms with E-state index in [1.165, 1.54) is 0 Å². The Morgan fingerprint density at radius 3 is 2.68 bits per heavy atom. The molecule has 0 aliphatic carbocycles. The van der Waals surface area contributed by atoms with Crippen LogP contribution in [-0.4, -0.2) is 25.6 Å². The third-order valence-electron chi connectivity index (χ3n) is 2.88. The largest absolute Gasteiger partial charge is 0.497 e. The topological polar surface area (TPSA) is 50.4 Å². The van der Waals surface area contributed by atoms with Crippen LogP contribution in [0.15, 0.2) is 24.3 Å². The first-order valence-corrected chi connectivity index (χ1v) is 6.69. The van der Waals surface area contributed by atoms with E-state index < -0.39 is 0 Å². The highest BCUT2D eigenvalue weighted by molar-refractivity contribution is 5.76. The Kier molecular flexibility index (Phi) is 6.36. The zero-order valence-electron chi connectivity index (χ0n) is 12.2. The van der Waals surface area contributed by atoms with Crippen LogP contribution in [0.25, 0.3) is 0 Å². The number of carbonyl (C=O) groups excluding carboxylic acids is 1. The zero-order chi connectivity index (χ0) is 14.3. The molecule has 0 spiro atoms. The van der Waals surface area contributed by atoms with E-state index in [1.807, 2.05) is 31.2 Å². The van der Waals surface area contributed by atoms with Crippen molar-refractivity contribution in [3.63, 3.8) is 0 Å². The number of ether oxygens (including phenoxy) is 1.